The Balaban J connectivity index is 1.71. The first-order valence-electron chi connectivity index (χ1n) is 9.21. The number of carbonyl (C=O) groups excluding carboxylic acids is 2. The maximum atomic E-state index is 13.1. The summed E-state index contributed by atoms with van der Waals surface area (Å²) in [5.74, 6) is -0.512. The second-order valence-corrected chi connectivity index (χ2v) is 9.10. The molecule has 2 aliphatic heterocycles. The number of carbonyl (C=O) groups is 2. The van der Waals surface area contributed by atoms with Crippen molar-refractivity contribution in [2.24, 2.45) is 4.99 Å². The lowest BCUT2D eigenvalue weighted by Gasteiger charge is -2.33. The smallest absolute Gasteiger partial charge is 0.338 e. The second-order valence-electron chi connectivity index (χ2n) is 6.88. The molecule has 0 aromatic heterocycles. The molecule has 2 aliphatic rings. The van der Waals surface area contributed by atoms with Crippen molar-refractivity contribution in [2.75, 3.05) is 0 Å². The number of hydrogen-bond acceptors (Lipinski definition) is 5. The number of allylic oxidation sites excluding steroid dienone is 1. The van der Waals surface area contributed by atoms with E-state index in [1.165, 1.54) is 11.8 Å². The molecule has 0 bridgehead atoms. The summed E-state index contributed by atoms with van der Waals surface area (Å²) in [6, 6.07) is 16.6. The van der Waals surface area contributed by atoms with Gasteiger partial charge in [0, 0.05) is 4.47 Å². The maximum Gasteiger partial charge on any atom is 0.338 e. The summed E-state index contributed by atoms with van der Waals surface area (Å²) in [6.07, 6.45) is 0. The zero-order valence-corrected chi connectivity index (χ0v) is 18.4. The third-order valence-corrected chi connectivity index (χ3v) is 6.46. The Bertz CT molecular complexity index is 1020. The molecule has 1 amide bonds. The van der Waals surface area contributed by atoms with Crippen molar-refractivity contribution >= 4 is 44.7 Å². The number of amidine groups is 1. The molecule has 7 heteroatoms. The zero-order chi connectivity index (χ0) is 20.5. The number of rotatable bonds is 4. The van der Waals surface area contributed by atoms with Gasteiger partial charge in [-0.3, -0.25) is 9.69 Å². The van der Waals surface area contributed by atoms with Gasteiger partial charge in [-0.25, -0.2) is 9.79 Å². The third-order valence-electron chi connectivity index (χ3n) is 4.88. The van der Waals surface area contributed by atoms with Gasteiger partial charge in [0.05, 0.1) is 22.6 Å². The molecule has 4 rings (SSSR count). The molecule has 148 valence electrons. The molecule has 0 radical (unpaired) electrons. The van der Waals surface area contributed by atoms with Crippen LogP contribution in [0.4, 0.5) is 0 Å². The first-order valence-corrected chi connectivity index (χ1v) is 10.9. The molecule has 1 saturated heterocycles. The van der Waals surface area contributed by atoms with Gasteiger partial charge in [-0.05, 0) is 37.1 Å². The van der Waals surface area contributed by atoms with E-state index in [-0.39, 0.29) is 17.8 Å². The van der Waals surface area contributed by atoms with Crippen molar-refractivity contribution in [1.29, 1.82) is 0 Å². The number of thioether (sulfide) groups is 1. The SMILES string of the molecule is CC1=C(C(=O)OCc2ccccc2)[C@H](c2ccc(Br)cc2)N2C(=O)[C@H](C)SC2=N1. The molecule has 0 unspecified atom stereocenters. The van der Waals surface area contributed by atoms with E-state index in [2.05, 4.69) is 20.9 Å². The topological polar surface area (TPSA) is 59.0 Å². The van der Waals surface area contributed by atoms with Crippen LogP contribution in [0.3, 0.4) is 0 Å². The van der Waals surface area contributed by atoms with E-state index in [0.29, 0.717) is 16.4 Å². The molecule has 2 aromatic rings. The highest BCUT2D eigenvalue weighted by atomic mass is 79.9. The summed E-state index contributed by atoms with van der Waals surface area (Å²) in [5.41, 5.74) is 2.72. The Kier molecular flexibility index (Phi) is 5.61. The lowest BCUT2D eigenvalue weighted by molar-refractivity contribution is -0.141. The first-order chi connectivity index (χ1) is 14.0. The fourth-order valence-corrected chi connectivity index (χ4v) is 4.72. The number of halogens is 1. The molecule has 5 nitrogen and oxygen atoms in total. The van der Waals surface area contributed by atoms with Crippen LogP contribution in [0.1, 0.15) is 31.0 Å². The maximum absolute atomic E-state index is 13.1. The van der Waals surface area contributed by atoms with E-state index < -0.39 is 12.0 Å². The van der Waals surface area contributed by atoms with Crippen LogP contribution >= 0.6 is 27.7 Å². The fraction of sp³-hybridized carbons (Fsp3) is 0.227. The molecule has 29 heavy (non-hydrogen) atoms. The fourth-order valence-electron chi connectivity index (χ4n) is 3.43. The van der Waals surface area contributed by atoms with Gasteiger partial charge in [0.2, 0.25) is 5.91 Å². The molecule has 2 heterocycles. The predicted octanol–water partition coefficient (Wildman–Crippen LogP) is 4.84. The van der Waals surface area contributed by atoms with E-state index in [4.69, 9.17) is 4.74 Å². The molecule has 2 aromatic carbocycles. The molecular weight excluding hydrogens is 452 g/mol. The number of aliphatic imine (C=N–C) groups is 1. The Morgan fingerprint density at radius 1 is 1.17 bits per heavy atom. The minimum atomic E-state index is -0.552. The Hall–Kier alpha value is -2.38. The monoisotopic (exact) mass is 470 g/mol. The summed E-state index contributed by atoms with van der Waals surface area (Å²) in [5, 5.41) is 0.395. The van der Waals surface area contributed by atoms with E-state index in [1.54, 1.807) is 11.8 Å². The van der Waals surface area contributed by atoms with Crippen molar-refractivity contribution in [2.45, 2.75) is 31.7 Å². The highest BCUT2D eigenvalue weighted by molar-refractivity contribution is 9.10. The minimum absolute atomic E-state index is 0.0532. The van der Waals surface area contributed by atoms with Crippen molar-refractivity contribution in [3.63, 3.8) is 0 Å². The zero-order valence-electron chi connectivity index (χ0n) is 16.0. The number of nitrogens with zero attached hydrogens (tertiary/aromatic N) is 2. The van der Waals surface area contributed by atoms with E-state index in [9.17, 15) is 9.59 Å². The van der Waals surface area contributed by atoms with Crippen molar-refractivity contribution in [3.05, 3.63) is 81.5 Å². The summed E-state index contributed by atoms with van der Waals surface area (Å²) in [7, 11) is 0. The van der Waals surface area contributed by atoms with Crippen LogP contribution in [0.2, 0.25) is 0 Å². The van der Waals surface area contributed by atoms with Crippen LogP contribution in [0, 0.1) is 0 Å². The third kappa shape index (κ3) is 3.89. The van der Waals surface area contributed by atoms with Gasteiger partial charge in [-0.15, -0.1) is 0 Å². The molecular formula is C22H19BrN2O3S. The quantitative estimate of drug-likeness (QED) is 0.599. The van der Waals surface area contributed by atoms with Crippen LogP contribution < -0.4 is 0 Å². The van der Waals surface area contributed by atoms with Crippen molar-refractivity contribution < 1.29 is 14.3 Å². The number of hydrogen-bond donors (Lipinski definition) is 0. The van der Waals surface area contributed by atoms with E-state index in [0.717, 1.165) is 15.6 Å². The Morgan fingerprint density at radius 3 is 2.55 bits per heavy atom. The van der Waals surface area contributed by atoms with Crippen LogP contribution in [0.15, 0.2) is 75.3 Å². The lowest BCUT2D eigenvalue weighted by atomic mass is 9.94. The molecule has 1 fully saturated rings. The lowest BCUT2D eigenvalue weighted by Crippen LogP contribution is -2.40. The number of ether oxygens (including phenoxy) is 1. The van der Waals surface area contributed by atoms with E-state index >= 15 is 0 Å². The summed E-state index contributed by atoms with van der Waals surface area (Å²) >= 11 is 4.86. The van der Waals surface area contributed by atoms with Gasteiger partial charge >= 0.3 is 5.97 Å². The number of esters is 1. The van der Waals surface area contributed by atoms with Gasteiger partial charge < -0.3 is 4.74 Å². The first kappa shape index (κ1) is 19.9. The standard InChI is InChI=1S/C22H19BrN2O3S/c1-13-18(21(27)28-12-15-6-4-3-5-7-15)19(16-8-10-17(23)11-9-16)25-20(26)14(2)29-22(25)24-13/h3-11,14,19H,12H2,1-2H3/t14-,19-/m0/s1. The average Bonchev–Trinajstić information content (AvgIpc) is 3.00. The van der Waals surface area contributed by atoms with Crippen molar-refractivity contribution in [3.8, 4) is 0 Å². The van der Waals surface area contributed by atoms with Crippen LogP contribution in [-0.2, 0) is 20.9 Å². The average molecular weight is 471 g/mol. The second kappa shape index (κ2) is 8.16. The number of benzene rings is 2. The van der Waals surface area contributed by atoms with Gasteiger partial charge in [-0.1, -0.05) is 70.2 Å². The number of fused-ring (bicyclic) bond motifs is 1. The highest BCUT2D eigenvalue weighted by Gasteiger charge is 2.46. The van der Waals surface area contributed by atoms with E-state index in [1.807, 2.05) is 61.5 Å². The summed E-state index contributed by atoms with van der Waals surface area (Å²) in [4.78, 5) is 32.2. The number of amides is 1. The van der Waals surface area contributed by atoms with Crippen LogP contribution in [0.25, 0.3) is 0 Å². The minimum Gasteiger partial charge on any atom is -0.457 e. The molecule has 2 atom stereocenters. The Morgan fingerprint density at radius 2 is 1.86 bits per heavy atom. The van der Waals surface area contributed by atoms with Gasteiger partial charge in [0.25, 0.3) is 0 Å². The van der Waals surface area contributed by atoms with Gasteiger partial charge in [0.15, 0.2) is 5.17 Å². The molecule has 0 spiro atoms. The summed E-state index contributed by atoms with van der Waals surface area (Å²) < 4.78 is 6.53. The van der Waals surface area contributed by atoms with Gasteiger partial charge in [-0.2, -0.15) is 0 Å². The van der Waals surface area contributed by atoms with Crippen LogP contribution in [-0.4, -0.2) is 27.2 Å². The Labute approximate surface area is 182 Å². The van der Waals surface area contributed by atoms with Crippen LogP contribution in [0.5, 0.6) is 0 Å². The molecule has 0 saturated carbocycles. The molecule has 0 aliphatic carbocycles. The summed E-state index contributed by atoms with van der Waals surface area (Å²) in [6.45, 7) is 3.82. The normalized spacial score (nSPS) is 21.1. The highest BCUT2D eigenvalue weighted by Crippen LogP contribution is 2.43. The largest absolute Gasteiger partial charge is 0.457 e. The molecule has 0 N–H and O–H groups in total. The van der Waals surface area contributed by atoms with Crippen molar-refractivity contribution in [1.82, 2.24) is 4.90 Å². The predicted molar refractivity (Wildman–Crippen MR) is 117 cm³/mol. The van der Waals surface area contributed by atoms with Gasteiger partial charge in [0.1, 0.15) is 6.61 Å².